The second-order valence-corrected chi connectivity index (χ2v) is 6.96. The van der Waals surface area contributed by atoms with Crippen molar-refractivity contribution in [3.05, 3.63) is 108 Å². The van der Waals surface area contributed by atoms with Gasteiger partial charge in [0.2, 0.25) is 5.91 Å². The van der Waals surface area contributed by atoms with Crippen molar-refractivity contribution in [2.45, 2.75) is 24.4 Å². The number of hydrogen-bond donors (Lipinski definition) is 1. The molecule has 1 heterocycles. The number of carboxylic acid groups (broad SMARTS) is 1. The monoisotopic (exact) mass is 371 g/mol. The van der Waals surface area contributed by atoms with Crippen LogP contribution in [0.1, 0.15) is 29.5 Å². The van der Waals surface area contributed by atoms with Gasteiger partial charge in [-0.1, -0.05) is 91.0 Å². The molecule has 140 valence electrons. The van der Waals surface area contributed by atoms with Crippen molar-refractivity contribution < 1.29 is 14.7 Å². The van der Waals surface area contributed by atoms with Crippen LogP contribution in [-0.4, -0.2) is 27.9 Å². The fourth-order valence-corrected chi connectivity index (χ4v) is 4.29. The zero-order valence-corrected chi connectivity index (χ0v) is 15.4. The van der Waals surface area contributed by atoms with Crippen molar-refractivity contribution in [1.29, 1.82) is 0 Å². The predicted molar refractivity (Wildman–Crippen MR) is 107 cm³/mol. The van der Waals surface area contributed by atoms with Crippen molar-refractivity contribution in [3.8, 4) is 0 Å². The molecule has 4 rings (SSSR count). The van der Waals surface area contributed by atoms with Crippen molar-refractivity contribution in [2.24, 2.45) is 0 Å². The van der Waals surface area contributed by atoms with Crippen molar-refractivity contribution >= 4 is 11.9 Å². The topological polar surface area (TPSA) is 57.6 Å². The van der Waals surface area contributed by atoms with Crippen LogP contribution in [0.15, 0.2) is 91.0 Å². The first kappa shape index (κ1) is 18.0. The van der Waals surface area contributed by atoms with E-state index >= 15 is 0 Å². The first-order valence-electron chi connectivity index (χ1n) is 9.37. The maximum atomic E-state index is 13.1. The summed E-state index contributed by atoms with van der Waals surface area (Å²) in [5, 5.41) is 9.91. The minimum Gasteiger partial charge on any atom is -0.480 e. The molecule has 1 N–H and O–H groups in total. The van der Waals surface area contributed by atoms with Gasteiger partial charge in [0, 0.05) is 6.42 Å². The number of nitrogens with zero attached hydrogens (tertiary/aromatic N) is 1. The Morgan fingerprint density at radius 2 is 1.18 bits per heavy atom. The lowest BCUT2D eigenvalue weighted by atomic mass is 9.75. The Kier molecular flexibility index (Phi) is 4.70. The van der Waals surface area contributed by atoms with E-state index in [4.69, 9.17) is 0 Å². The van der Waals surface area contributed by atoms with Gasteiger partial charge in [0.25, 0.3) is 0 Å². The van der Waals surface area contributed by atoms with Crippen LogP contribution in [-0.2, 0) is 15.1 Å². The summed E-state index contributed by atoms with van der Waals surface area (Å²) in [6.07, 6.45) is 0.535. The quantitative estimate of drug-likeness (QED) is 0.688. The van der Waals surface area contributed by atoms with E-state index in [1.807, 2.05) is 91.0 Å². The number of hydrogen-bond acceptors (Lipinski definition) is 2. The number of aliphatic carboxylic acids is 1. The maximum Gasteiger partial charge on any atom is 0.326 e. The second-order valence-electron chi connectivity index (χ2n) is 6.96. The molecule has 1 aliphatic rings. The van der Waals surface area contributed by atoms with E-state index in [9.17, 15) is 14.7 Å². The second kappa shape index (κ2) is 7.31. The van der Waals surface area contributed by atoms with Gasteiger partial charge < -0.3 is 10.0 Å². The summed E-state index contributed by atoms with van der Waals surface area (Å²) in [5.41, 5.74) is 1.59. The van der Waals surface area contributed by atoms with Crippen LogP contribution in [0.5, 0.6) is 0 Å². The lowest BCUT2D eigenvalue weighted by Crippen LogP contribution is -2.54. The Morgan fingerprint density at radius 3 is 1.54 bits per heavy atom. The highest BCUT2D eigenvalue weighted by atomic mass is 16.4. The van der Waals surface area contributed by atoms with Gasteiger partial charge in [-0.15, -0.1) is 0 Å². The van der Waals surface area contributed by atoms with Gasteiger partial charge in [0.05, 0.1) is 0 Å². The molecule has 1 fully saturated rings. The summed E-state index contributed by atoms with van der Waals surface area (Å²) in [6, 6.07) is 28.2. The van der Waals surface area contributed by atoms with Gasteiger partial charge in [0.15, 0.2) is 0 Å². The molecule has 1 amide bonds. The number of carbonyl (C=O) groups excluding carboxylic acids is 1. The molecule has 0 bridgehead atoms. The molecule has 1 unspecified atom stereocenters. The average molecular weight is 371 g/mol. The van der Waals surface area contributed by atoms with Crippen molar-refractivity contribution in [2.75, 3.05) is 0 Å². The predicted octanol–water partition coefficient (Wildman–Crippen LogP) is 4.05. The number of likely N-dealkylation sites (tertiary alicyclic amines) is 1. The summed E-state index contributed by atoms with van der Waals surface area (Å²) >= 11 is 0. The summed E-state index contributed by atoms with van der Waals surface area (Å²) < 4.78 is 0. The molecule has 0 aliphatic carbocycles. The molecule has 1 atom stereocenters. The summed E-state index contributed by atoms with van der Waals surface area (Å²) in [5.74, 6) is -1.12. The minimum atomic E-state index is -1.01. The van der Waals surface area contributed by atoms with Crippen LogP contribution in [0.4, 0.5) is 0 Å². The molecule has 3 aromatic carbocycles. The summed E-state index contributed by atoms with van der Waals surface area (Å²) in [4.78, 5) is 26.8. The molecular weight excluding hydrogens is 350 g/mol. The Hall–Kier alpha value is -3.40. The Balaban J connectivity index is 2.10. The van der Waals surface area contributed by atoms with E-state index in [2.05, 4.69) is 0 Å². The van der Waals surface area contributed by atoms with Crippen LogP contribution in [0, 0.1) is 0 Å². The SMILES string of the molecule is O=C(O)C1CCC(=O)N1C(c1ccccc1)(c1ccccc1)c1ccccc1. The molecule has 0 saturated carbocycles. The van der Waals surface area contributed by atoms with E-state index in [0.29, 0.717) is 6.42 Å². The number of carboxylic acids is 1. The maximum absolute atomic E-state index is 13.1. The molecule has 1 aliphatic heterocycles. The van der Waals surface area contributed by atoms with E-state index in [1.165, 1.54) is 0 Å². The molecule has 28 heavy (non-hydrogen) atoms. The lowest BCUT2D eigenvalue weighted by molar-refractivity contribution is -0.149. The third kappa shape index (κ3) is 2.78. The van der Waals surface area contributed by atoms with Gasteiger partial charge >= 0.3 is 5.97 Å². The van der Waals surface area contributed by atoms with Crippen LogP contribution >= 0.6 is 0 Å². The highest BCUT2D eigenvalue weighted by Crippen LogP contribution is 2.46. The molecule has 3 aromatic rings. The normalized spacial score (nSPS) is 16.9. The first-order valence-corrected chi connectivity index (χ1v) is 9.37. The van der Waals surface area contributed by atoms with Gasteiger partial charge in [-0.05, 0) is 23.1 Å². The molecule has 4 nitrogen and oxygen atoms in total. The third-order valence-corrected chi connectivity index (χ3v) is 5.43. The smallest absolute Gasteiger partial charge is 0.326 e. The molecule has 0 spiro atoms. The number of benzene rings is 3. The standard InChI is InChI=1S/C24H21NO3/c26-22-17-16-21(23(27)28)25(22)24(18-10-4-1-5-11-18,19-12-6-2-7-13-19)20-14-8-3-9-15-20/h1-15,21H,16-17H2,(H,27,28). The summed E-state index contributed by atoms with van der Waals surface area (Å²) in [7, 11) is 0. The minimum absolute atomic E-state index is 0.149. The zero-order chi connectivity index (χ0) is 19.6. The molecule has 1 saturated heterocycles. The molecule has 0 radical (unpaired) electrons. The summed E-state index contributed by atoms with van der Waals surface area (Å²) in [6.45, 7) is 0. The van der Waals surface area contributed by atoms with Crippen molar-refractivity contribution in [3.63, 3.8) is 0 Å². The number of carbonyl (C=O) groups is 2. The fraction of sp³-hybridized carbons (Fsp3) is 0.167. The van der Waals surface area contributed by atoms with Crippen molar-refractivity contribution in [1.82, 2.24) is 4.90 Å². The first-order chi connectivity index (χ1) is 13.7. The van der Waals surface area contributed by atoms with Gasteiger partial charge in [-0.2, -0.15) is 0 Å². The number of amides is 1. The Morgan fingerprint density at radius 1 is 0.786 bits per heavy atom. The van der Waals surface area contributed by atoms with Crippen LogP contribution in [0.2, 0.25) is 0 Å². The lowest BCUT2D eigenvalue weighted by Gasteiger charge is -2.45. The van der Waals surface area contributed by atoms with Crippen LogP contribution in [0.3, 0.4) is 0 Å². The van der Waals surface area contributed by atoms with Gasteiger partial charge in [0.1, 0.15) is 11.6 Å². The van der Waals surface area contributed by atoms with Crippen LogP contribution in [0.25, 0.3) is 0 Å². The molecule has 0 aromatic heterocycles. The molecule has 4 heteroatoms. The third-order valence-electron chi connectivity index (χ3n) is 5.43. The van der Waals surface area contributed by atoms with E-state index in [0.717, 1.165) is 16.7 Å². The van der Waals surface area contributed by atoms with E-state index in [-0.39, 0.29) is 12.3 Å². The van der Waals surface area contributed by atoms with E-state index in [1.54, 1.807) is 4.90 Å². The zero-order valence-electron chi connectivity index (χ0n) is 15.4. The van der Waals surface area contributed by atoms with Gasteiger partial charge in [-0.25, -0.2) is 4.79 Å². The van der Waals surface area contributed by atoms with E-state index < -0.39 is 17.6 Å². The average Bonchev–Trinajstić information content (AvgIpc) is 3.13. The molecular formula is C24H21NO3. The Labute approximate surface area is 164 Å². The Bertz CT molecular complexity index is 874. The number of rotatable bonds is 5. The fourth-order valence-electron chi connectivity index (χ4n) is 4.29. The largest absolute Gasteiger partial charge is 0.480 e. The van der Waals surface area contributed by atoms with Gasteiger partial charge in [-0.3, -0.25) is 4.79 Å². The highest BCUT2D eigenvalue weighted by Gasteiger charge is 2.52. The van der Waals surface area contributed by atoms with Crippen LogP contribution < -0.4 is 0 Å². The highest BCUT2D eigenvalue weighted by molar-refractivity contribution is 5.89.